The molecule has 1 amide bonds. The lowest BCUT2D eigenvalue weighted by Crippen LogP contribution is -2.35. The molecule has 0 saturated heterocycles. The third kappa shape index (κ3) is 5.65. The molecule has 2 aromatic rings. The van der Waals surface area contributed by atoms with Crippen molar-refractivity contribution in [1.29, 1.82) is 5.41 Å². The first-order chi connectivity index (χ1) is 17.3. The van der Waals surface area contributed by atoms with Crippen LogP contribution in [0.2, 0.25) is 0 Å². The van der Waals surface area contributed by atoms with Gasteiger partial charge in [-0.2, -0.15) is 15.1 Å². The molecule has 2 aliphatic heterocycles. The van der Waals surface area contributed by atoms with E-state index in [2.05, 4.69) is 32.9 Å². The molecule has 2 aliphatic rings. The molecule has 10 heteroatoms. The maximum Gasteiger partial charge on any atom is 0.283 e. The van der Waals surface area contributed by atoms with Crippen molar-refractivity contribution in [2.75, 3.05) is 19.8 Å². The number of halogens is 1. The van der Waals surface area contributed by atoms with E-state index in [1.54, 1.807) is 12.1 Å². The van der Waals surface area contributed by atoms with Gasteiger partial charge < -0.3 is 14.2 Å². The Balaban J connectivity index is 1.50. The molecular formula is C26H27BrN4O4S. The van der Waals surface area contributed by atoms with Gasteiger partial charge in [0, 0.05) is 0 Å². The smallest absolute Gasteiger partial charge is 0.283 e. The van der Waals surface area contributed by atoms with Crippen molar-refractivity contribution in [2.24, 2.45) is 10.1 Å². The number of amides is 1. The summed E-state index contributed by atoms with van der Waals surface area (Å²) in [7, 11) is 0. The molecule has 0 unspecified atom stereocenters. The number of rotatable bonds is 9. The van der Waals surface area contributed by atoms with Crippen LogP contribution in [0, 0.1) is 19.3 Å². The first-order valence-corrected chi connectivity index (χ1v) is 13.2. The predicted molar refractivity (Wildman–Crippen MR) is 148 cm³/mol. The highest BCUT2D eigenvalue weighted by Gasteiger charge is 2.35. The van der Waals surface area contributed by atoms with Crippen molar-refractivity contribution in [1.82, 2.24) is 5.01 Å². The maximum atomic E-state index is 12.7. The number of hydrogen-bond donors (Lipinski definition) is 1. The second-order valence-corrected chi connectivity index (χ2v) is 9.97. The molecule has 2 heterocycles. The Labute approximate surface area is 223 Å². The summed E-state index contributed by atoms with van der Waals surface area (Å²) in [6.07, 6.45) is 2.33. The number of carbonyl (C=O) groups excluding carboxylic acids is 1. The van der Waals surface area contributed by atoms with E-state index in [-0.39, 0.29) is 11.4 Å². The van der Waals surface area contributed by atoms with Gasteiger partial charge in [0.2, 0.25) is 5.17 Å². The molecule has 0 fully saturated rings. The van der Waals surface area contributed by atoms with Gasteiger partial charge in [0.1, 0.15) is 24.0 Å². The minimum Gasteiger partial charge on any atom is -0.490 e. The van der Waals surface area contributed by atoms with Crippen molar-refractivity contribution in [3.8, 4) is 17.2 Å². The number of aliphatic imine (C=N–C) groups is 1. The Morgan fingerprint density at radius 3 is 2.58 bits per heavy atom. The maximum absolute atomic E-state index is 12.7. The zero-order chi connectivity index (χ0) is 25.8. The molecular weight excluding hydrogens is 544 g/mol. The highest BCUT2D eigenvalue weighted by molar-refractivity contribution is 9.10. The summed E-state index contributed by atoms with van der Waals surface area (Å²) in [4.78, 5) is 16.8. The highest BCUT2D eigenvalue weighted by atomic mass is 79.9. The molecule has 0 saturated carbocycles. The summed E-state index contributed by atoms with van der Waals surface area (Å²) in [6, 6.07) is 9.57. The fourth-order valence-electron chi connectivity index (χ4n) is 3.52. The number of nitrogens with one attached hydrogen (secondary N) is 1. The Hall–Kier alpha value is -3.11. The van der Waals surface area contributed by atoms with E-state index >= 15 is 0 Å². The van der Waals surface area contributed by atoms with E-state index in [9.17, 15) is 4.79 Å². The number of fused-ring (bicyclic) bond motifs is 1. The number of nitrogens with zero attached hydrogens (tertiary/aromatic N) is 3. The average molecular weight is 571 g/mol. The number of hydrazone groups is 1. The number of hydrogen-bond acceptors (Lipinski definition) is 7. The van der Waals surface area contributed by atoms with Crippen LogP contribution in [0.1, 0.15) is 37.0 Å². The molecule has 8 nitrogen and oxygen atoms in total. The number of carbonyl (C=O) groups is 1. The molecule has 0 radical (unpaired) electrons. The quantitative estimate of drug-likeness (QED) is 0.295. The Morgan fingerprint density at radius 1 is 1.08 bits per heavy atom. The van der Waals surface area contributed by atoms with Crippen LogP contribution in [-0.2, 0) is 4.79 Å². The van der Waals surface area contributed by atoms with E-state index in [0.717, 1.165) is 10.8 Å². The second-order valence-electron chi connectivity index (χ2n) is 8.07. The number of thioether (sulfide) groups is 1. The van der Waals surface area contributed by atoms with Gasteiger partial charge >= 0.3 is 0 Å². The van der Waals surface area contributed by atoms with Crippen LogP contribution in [0.5, 0.6) is 17.2 Å². The van der Waals surface area contributed by atoms with Crippen LogP contribution in [0.25, 0.3) is 6.08 Å². The molecule has 1 N–H and O–H groups in total. The van der Waals surface area contributed by atoms with Gasteiger partial charge in [-0.25, -0.2) is 0 Å². The highest BCUT2D eigenvalue weighted by Crippen LogP contribution is 2.38. The lowest BCUT2D eigenvalue weighted by atomic mass is 10.1. The molecule has 0 atom stereocenters. The Kier molecular flexibility index (Phi) is 8.15. The van der Waals surface area contributed by atoms with Crippen LogP contribution in [0.4, 0.5) is 0 Å². The first kappa shape index (κ1) is 26.0. The Bertz CT molecular complexity index is 1310. The predicted octanol–water partition coefficient (Wildman–Crippen LogP) is 5.95. The average Bonchev–Trinajstić information content (AvgIpc) is 3.26. The lowest BCUT2D eigenvalue weighted by molar-refractivity contribution is -0.114. The van der Waals surface area contributed by atoms with E-state index in [4.69, 9.17) is 19.6 Å². The monoisotopic (exact) mass is 570 g/mol. The minimum absolute atomic E-state index is 0.00106. The van der Waals surface area contributed by atoms with Gasteiger partial charge in [0.25, 0.3) is 5.91 Å². The van der Waals surface area contributed by atoms with Gasteiger partial charge in [-0.1, -0.05) is 13.0 Å². The van der Waals surface area contributed by atoms with Gasteiger partial charge in [0.05, 0.1) is 16.7 Å². The second kappa shape index (κ2) is 11.3. The van der Waals surface area contributed by atoms with Crippen molar-refractivity contribution >= 4 is 55.7 Å². The standard InChI is InChI=1S/C26H27BrN4O4S/c1-5-22-30-31-24(28)19(25(32)29-26(31)36-22)12-17-13-20(27)23(21(14-17)33-6-2)35-10-9-34-18-8-7-15(3)16(4)11-18/h7-8,11-14,28H,5-6,9-10H2,1-4H3. The molecule has 0 spiro atoms. The summed E-state index contributed by atoms with van der Waals surface area (Å²) in [5.74, 6) is 1.39. The van der Waals surface area contributed by atoms with Crippen LogP contribution in [0.15, 0.2) is 50.5 Å². The van der Waals surface area contributed by atoms with E-state index in [0.29, 0.717) is 52.9 Å². The fraction of sp³-hybridized carbons (Fsp3) is 0.308. The third-order valence-corrected chi connectivity index (χ3v) is 7.16. The van der Waals surface area contributed by atoms with Gasteiger partial charge in [-0.05, 0) is 102 Å². The molecule has 2 aromatic carbocycles. The fourth-order valence-corrected chi connectivity index (χ4v) is 4.92. The minimum atomic E-state index is -0.468. The summed E-state index contributed by atoms with van der Waals surface area (Å²) >= 11 is 4.88. The topological polar surface area (TPSA) is 96.6 Å². The van der Waals surface area contributed by atoms with Crippen molar-refractivity contribution in [3.63, 3.8) is 0 Å². The molecule has 36 heavy (non-hydrogen) atoms. The number of aryl methyl sites for hydroxylation is 2. The van der Waals surface area contributed by atoms with Gasteiger partial charge in [-0.3, -0.25) is 10.2 Å². The summed E-state index contributed by atoms with van der Waals surface area (Å²) in [5, 5.41) is 15.5. The molecule has 188 valence electrons. The molecule has 0 bridgehead atoms. The lowest BCUT2D eigenvalue weighted by Gasteiger charge is -2.20. The zero-order valence-corrected chi connectivity index (χ0v) is 23.0. The summed E-state index contributed by atoms with van der Waals surface area (Å²) in [6.45, 7) is 9.09. The molecule has 0 aromatic heterocycles. The van der Waals surface area contributed by atoms with Crippen molar-refractivity contribution < 1.29 is 19.0 Å². The van der Waals surface area contributed by atoms with Crippen LogP contribution in [-0.4, -0.2) is 46.8 Å². The van der Waals surface area contributed by atoms with Crippen LogP contribution in [0.3, 0.4) is 0 Å². The van der Waals surface area contributed by atoms with Crippen molar-refractivity contribution in [2.45, 2.75) is 34.1 Å². The normalized spacial score (nSPS) is 16.1. The van der Waals surface area contributed by atoms with Gasteiger partial charge in [0.15, 0.2) is 17.3 Å². The molecule has 0 aliphatic carbocycles. The summed E-state index contributed by atoms with van der Waals surface area (Å²) in [5.41, 5.74) is 3.22. The molecule has 4 rings (SSSR count). The van der Waals surface area contributed by atoms with E-state index in [1.165, 1.54) is 27.9 Å². The SMILES string of the molecule is CCOc1cc(C=C2C(=N)N3N=C(CC)SC3=NC2=O)cc(Br)c1OCCOc1ccc(C)c(C)c1. The number of benzene rings is 2. The van der Waals surface area contributed by atoms with E-state index < -0.39 is 5.91 Å². The van der Waals surface area contributed by atoms with Crippen molar-refractivity contribution in [3.05, 3.63) is 57.1 Å². The summed E-state index contributed by atoms with van der Waals surface area (Å²) < 4.78 is 18.3. The first-order valence-electron chi connectivity index (χ1n) is 11.6. The van der Waals surface area contributed by atoms with Crippen LogP contribution >= 0.6 is 27.7 Å². The number of ether oxygens (including phenoxy) is 3. The van der Waals surface area contributed by atoms with Crippen LogP contribution < -0.4 is 14.2 Å². The third-order valence-electron chi connectivity index (χ3n) is 5.52. The zero-order valence-electron chi connectivity index (χ0n) is 20.6. The van der Waals surface area contributed by atoms with E-state index in [1.807, 2.05) is 45.0 Å². The van der Waals surface area contributed by atoms with Gasteiger partial charge in [-0.15, -0.1) is 0 Å². The Morgan fingerprint density at radius 2 is 1.86 bits per heavy atom. The largest absolute Gasteiger partial charge is 0.490 e. The number of amidine groups is 2.